The van der Waals surface area contributed by atoms with Crippen molar-refractivity contribution in [2.24, 2.45) is 0 Å². The van der Waals surface area contributed by atoms with Crippen LogP contribution in [0.2, 0.25) is 0 Å². The molecular formula is C10H20N2O2. The van der Waals surface area contributed by atoms with Crippen LogP contribution >= 0.6 is 0 Å². The molecule has 4 heteroatoms. The molecule has 4 nitrogen and oxygen atoms in total. The van der Waals surface area contributed by atoms with E-state index in [4.69, 9.17) is 4.74 Å². The predicted molar refractivity (Wildman–Crippen MR) is 55.3 cm³/mol. The first kappa shape index (κ1) is 11.3. The molecule has 1 rings (SSSR count). The molecule has 0 aromatic heterocycles. The van der Waals surface area contributed by atoms with E-state index in [-0.39, 0.29) is 6.09 Å². The van der Waals surface area contributed by atoms with Gasteiger partial charge in [0.25, 0.3) is 0 Å². The number of hydrogen-bond donors (Lipinski definition) is 1. The van der Waals surface area contributed by atoms with Gasteiger partial charge in [-0.1, -0.05) is 6.92 Å². The summed E-state index contributed by atoms with van der Waals surface area (Å²) in [4.78, 5) is 13.2. The first-order chi connectivity index (χ1) is 6.77. The van der Waals surface area contributed by atoms with Gasteiger partial charge in [-0.05, 0) is 26.3 Å². The smallest absolute Gasteiger partial charge is 0.409 e. The van der Waals surface area contributed by atoms with Gasteiger partial charge in [-0.2, -0.15) is 0 Å². The Morgan fingerprint density at radius 3 is 2.64 bits per heavy atom. The maximum atomic E-state index is 11.4. The van der Waals surface area contributed by atoms with Crippen LogP contribution in [-0.4, -0.2) is 43.8 Å². The van der Waals surface area contributed by atoms with E-state index in [1.807, 2.05) is 14.0 Å². The number of rotatable bonds is 3. The summed E-state index contributed by atoms with van der Waals surface area (Å²) in [7, 11) is 1.97. The van der Waals surface area contributed by atoms with Crippen molar-refractivity contribution in [3.63, 3.8) is 0 Å². The van der Waals surface area contributed by atoms with Crippen molar-refractivity contribution in [3.8, 4) is 0 Å². The van der Waals surface area contributed by atoms with Gasteiger partial charge in [0.15, 0.2) is 0 Å². The third kappa shape index (κ3) is 3.18. The largest absolute Gasteiger partial charge is 0.449 e. The summed E-state index contributed by atoms with van der Waals surface area (Å²) in [6.07, 6.45) is 2.79. The van der Waals surface area contributed by atoms with Crippen LogP contribution in [0.4, 0.5) is 4.79 Å². The summed E-state index contributed by atoms with van der Waals surface area (Å²) >= 11 is 0. The van der Waals surface area contributed by atoms with Gasteiger partial charge in [0.1, 0.15) is 0 Å². The number of nitrogens with one attached hydrogen (secondary N) is 1. The van der Waals surface area contributed by atoms with Crippen LogP contribution in [0, 0.1) is 0 Å². The van der Waals surface area contributed by atoms with E-state index in [1.165, 1.54) is 0 Å². The molecule has 0 aromatic rings. The molecule has 1 aliphatic rings. The average molecular weight is 200 g/mol. The highest BCUT2D eigenvalue weighted by Gasteiger charge is 2.22. The minimum absolute atomic E-state index is 0.151. The van der Waals surface area contributed by atoms with E-state index in [9.17, 15) is 4.79 Å². The van der Waals surface area contributed by atoms with Crippen LogP contribution in [0.1, 0.15) is 26.2 Å². The standard InChI is InChI=1S/C10H20N2O2/c1-3-8-14-10(13)12-6-4-9(11-2)5-7-12/h9,11H,3-8H2,1-2H3. The Balaban J connectivity index is 2.23. The fourth-order valence-electron chi connectivity index (χ4n) is 1.63. The van der Waals surface area contributed by atoms with E-state index in [0.29, 0.717) is 12.6 Å². The van der Waals surface area contributed by atoms with Crippen molar-refractivity contribution >= 4 is 6.09 Å². The monoisotopic (exact) mass is 200 g/mol. The van der Waals surface area contributed by atoms with Gasteiger partial charge in [0.2, 0.25) is 0 Å². The third-order valence-corrected chi connectivity index (χ3v) is 2.59. The molecule has 1 saturated heterocycles. The van der Waals surface area contributed by atoms with Gasteiger partial charge in [0, 0.05) is 19.1 Å². The number of carbonyl (C=O) groups is 1. The Kier molecular flexibility index (Phi) is 4.73. The zero-order chi connectivity index (χ0) is 10.4. The number of ether oxygens (including phenoxy) is 1. The molecule has 0 spiro atoms. The Hall–Kier alpha value is -0.770. The molecule has 0 aliphatic carbocycles. The molecule has 1 heterocycles. The molecule has 0 bridgehead atoms. The highest BCUT2D eigenvalue weighted by Crippen LogP contribution is 2.10. The van der Waals surface area contributed by atoms with Crippen LogP contribution in [0.5, 0.6) is 0 Å². The van der Waals surface area contributed by atoms with E-state index < -0.39 is 0 Å². The molecule has 1 fully saturated rings. The number of hydrogen-bond acceptors (Lipinski definition) is 3. The molecule has 82 valence electrons. The lowest BCUT2D eigenvalue weighted by Crippen LogP contribution is -2.44. The van der Waals surface area contributed by atoms with Crippen LogP contribution in [0.3, 0.4) is 0 Å². The van der Waals surface area contributed by atoms with Crippen molar-refractivity contribution in [2.75, 3.05) is 26.7 Å². The second-order valence-corrected chi connectivity index (χ2v) is 3.66. The maximum absolute atomic E-state index is 11.4. The van der Waals surface area contributed by atoms with Crippen LogP contribution in [-0.2, 0) is 4.74 Å². The molecule has 0 unspecified atom stereocenters. The number of nitrogens with zero attached hydrogens (tertiary/aromatic N) is 1. The minimum atomic E-state index is -0.151. The van der Waals surface area contributed by atoms with E-state index in [0.717, 1.165) is 32.4 Å². The molecule has 1 aliphatic heterocycles. The predicted octanol–water partition coefficient (Wildman–Crippen LogP) is 1.22. The fourth-order valence-corrected chi connectivity index (χ4v) is 1.63. The highest BCUT2D eigenvalue weighted by atomic mass is 16.6. The second kappa shape index (κ2) is 5.86. The summed E-state index contributed by atoms with van der Waals surface area (Å²) in [5, 5.41) is 3.23. The van der Waals surface area contributed by atoms with Gasteiger partial charge < -0.3 is 15.0 Å². The van der Waals surface area contributed by atoms with Gasteiger partial charge in [-0.3, -0.25) is 0 Å². The van der Waals surface area contributed by atoms with Gasteiger partial charge in [-0.15, -0.1) is 0 Å². The molecule has 1 amide bonds. The van der Waals surface area contributed by atoms with Crippen LogP contribution in [0.15, 0.2) is 0 Å². The van der Waals surface area contributed by atoms with E-state index in [2.05, 4.69) is 5.32 Å². The van der Waals surface area contributed by atoms with Gasteiger partial charge in [0.05, 0.1) is 6.61 Å². The average Bonchev–Trinajstić information content (AvgIpc) is 2.26. The van der Waals surface area contributed by atoms with Crippen molar-refractivity contribution in [2.45, 2.75) is 32.2 Å². The molecule has 0 radical (unpaired) electrons. The fraction of sp³-hybridized carbons (Fsp3) is 0.900. The molecule has 0 saturated carbocycles. The molecular weight excluding hydrogens is 180 g/mol. The minimum Gasteiger partial charge on any atom is -0.449 e. The summed E-state index contributed by atoms with van der Waals surface area (Å²) < 4.78 is 5.07. The summed E-state index contributed by atoms with van der Waals surface area (Å²) in [5.41, 5.74) is 0. The normalized spacial score (nSPS) is 18.3. The van der Waals surface area contributed by atoms with Crippen molar-refractivity contribution in [3.05, 3.63) is 0 Å². The maximum Gasteiger partial charge on any atom is 0.409 e. The lowest BCUT2D eigenvalue weighted by Gasteiger charge is -2.30. The molecule has 1 N–H and O–H groups in total. The van der Waals surface area contributed by atoms with E-state index >= 15 is 0 Å². The molecule has 0 aromatic carbocycles. The number of amides is 1. The second-order valence-electron chi connectivity index (χ2n) is 3.66. The van der Waals surface area contributed by atoms with Crippen LogP contribution < -0.4 is 5.32 Å². The SMILES string of the molecule is CCCOC(=O)N1CCC(NC)CC1. The van der Waals surface area contributed by atoms with Crippen molar-refractivity contribution in [1.29, 1.82) is 0 Å². The molecule has 14 heavy (non-hydrogen) atoms. The summed E-state index contributed by atoms with van der Waals surface area (Å²) in [6, 6.07) is 0.560. The highest BCUT2D eigenvalue weighted by molar-refractivity contribution is 5.67. The quantitative estimate of drug-likeness (QED) is 0.744. The lowest BCUT2D eigenvalue weighted by atomic mass is 10.1. The Morgan fingerprint density at radius 1 is 1.50 bits per heavy atom. The zero-order valence-electron chi connectivity index (χ0n) is 9.08. The van der Waals surface area contributed by atoms with Crippen molar-refractivity contribution in [1.82, 2.24) is 10.2 Å². The van der Waals surface area contributed by atoms with Gasteiger partial charge in [-0.25, -0.2) is 4.79 Å². The van der Waals surface area contributed by atoms with Crippen molar-refractivity contribution < 1.29 is 9.53 Å². The Labute approximate surface area is 85.6 Å². The summed E-state index contributed by atoms with van der Waals surface area (Å²) in [5.74, 6) is 0. The lowest BCUT2D eigenvalue weighted by molar-refractivity contribution is 0.0914. The Morgan fingerprint density at radius 2 is 2.14 bits per heavy atom. The summed E-state index contributed by atoms with van der Waals surface area (Å²) in [6.45, 7) is 4.16. The molecule has 0 atom stereocenters. The third-order valence-electron chi connectivity index (χ3n) is 2.59. The van der Waals surface area contributed by atoms with E-state index in [1.54, 1.807) is 4.90 Å². The first-order valence-corrected chi connectivity index (χ1v) is 5.37. The van der Waals surface area contributed by atoms with Gasteiger partial charge >= 0.3 is 6.09 Å². The number of carbonyl (C=O) groups excluding carboxylic acids is 1. The number of likely N-dealkylation sites (tertiary alicyclic amines) is 1. The van der Waals surface area contributed by atoms with Crippen LogP contribution in [0.25, 0.3) is 0 Å². The zero-order valence-corrected chi connectivity index (χ0v) is 9.08. The number of piperidine rings is 1. The Bertz CT molecular complexity index is 177. The first-order valence-electron chi connectivity index (χ1n) is 5.37. The topological polar surface area (TPSA) is 41.6 Å².